The highest BCUT2D eigenvalue weighted by Gasteiger charge is 2.27. The van der Waals surface area contributed by atoms with Gasteiger partial charge in [-0.15, -0.1) is 22.9 Å². The van der Waals surface area contributed by atoms with Gasteiger partial charge in [0.15, 0.2) is 0 Å². The van der Waals surface area contributed by atoms with Crippen LogP contribution in [0.1, 0.15) is 30.1 Å². The molecule has 1 aromatic heterocycles. The molecule has 1 fully saturated rings. The molecule has 2 heterocycles. The first-order valence-corrected chi connectivity index (χ1v) is 8.71. The highest BCUT2D eigenvalue weighted by atomic mass is 79.9. The van der Waals surface area contributed by atoms with E-state index in [-0.39, 0.29) is 11.3 Å². The maximum Gasteiger partial charge on any atom is 0.255 e. The van der Waals surface area contributed by atoms with E-state index in [1.807, 2.05) is 17.9 Å². The Labute approximate surface area is 133 Å². The van der Waals surface area contributed by atoms with Gasteiger partial charge in [0.25, 0.3) is 5.91 Å². The van der Waals surface area contributed by atoms with Gasteiger partial charge in [-0.25, -0.2) is 0 Å². The third-order valence-electron chi connectivity index (χ3n) is 3.36. The minimum absolute atomic E-state index is 0.115. The van der Waals surface area contributed by atoms with Crippen molar-refractivity contribution in [2.24, 2.45) is 5.92 Å². The molecule has 1 aliphatic rings. The smallest absolute Gasteiger partial charge is 0.255 e. The average Bonchev–Trinajstić information content (AvgIpc) is 2.67. The number of hydrogen-bond donors (Lipinski definition) is 0. The molecule has 2 rings (SSSR count). The normalized spacial score (nSPS) is 19.0. The number of halogens is 3. The highest BCUT2D eigenvalue weighted by molar-refractivity contribution is 9.12. The van der Waals surface area contributed by atoms with E-state index in [2.05, 4.69) is 31.9 Å². The van der Waals surface area contributed by atoms with E-state index >= 15 is 0 Å². The first kappa shape index (κ1) is 14.8. The maximum absolute atomic E-state index is 12.4. The van der Waals surface area contributed by atoms with Crippen molar-refractivity contribution in [1.82, 2.24) is 4.90 Å². The van der Waals surface area contributed by atoms with Gasteiger partial charge in [-0.3, -0.25) is 4.79 Å². The number of carbonyl (C=O) groups excluding carboxylic acids is 1. The molecule has 1 aliphatic heterocycles. The number of nitrogens with zero attached hydrogens (tertiary/aromatic N) is 1. The van der Waals surface area contributed by atoms with E-state index < -0.39 is 0 Å². The number of amides is 1. The van der Waals surface area contributed by atoms with E-state index in [1.54, 1.807) is 0 Å². The summed E-state index contributed by atoms with van der Waals surface area (Å²) >= 11 is 14.5. The molecule has 0 radical (unpaired) electrons. The van der Waals surface area contributed by atoms with E-state index in [1.165, 1.54) is 11.3 Å². The fraction of sp³-hybridized carbons (Fsp3) is 0.583. The fourth-order valence-electron chi connectivity index (χ4n) is 2.22. The topological polar surface area (TPSA) is 20.3 Å². The Morgan fingerprint density at radius 1 is 1.50 bits per heavy atom. The zero-order chi connectivity index (χ0) is 13.3. The van der Waals surface area contributed by atoms with E-state index in [9.17, 15) is 4.79 Å². The lowest BCUT2D eigenvalue weighted by Gasteiger charge is -2.33. The fourth-order valence-corrected chi connectivity index (χ4v) is 5.25. The molecule has 1 aromatic rings. The van der Waals surface area contributed by atoms with E-state index in [0.29, 0.717) is 5.92 Å². The molecule has 0 spiro atoms. The van der Waals surface area contributed by atoms with Gasteiger partial charge in [0.2, 0.25) is 0 Å². The Morgan fingerprint density at radius 2 is 2.11 bits per heavy atom. The van der Waals surface area contributed by atoms with Crippen LogP contribution >= 0.6 is 54.8 Å². The Kier molecular flexibility index (Phi) is 5.14. The second-order valence-corrected chi connectivity index (χ2v) is 8.98. The Bertz CT molecular complexity index is 441. The van der Waals surface area contributed by atoms with Crippen molar-refractivity contribution >= 4 is 60.7 Å². The molecule has 100 valence electrons. The van der Waals surface area contributed by atoms with Gasteiger partial charge in [-0.1, -0.05) is 0 Å². The summed E-state index contributed by atoms with van der Waals surface area (Å²) in [5.74, 6) is 0.651. The summed E-state index contributed by atoms with van der Waals surface area (Å²) in [7, 11) is 0. The van der Waals surface area contributed by atoms with Crippen molar-refractivity contribution in [3.8, 4) is 0 Å². The van der Waals surface area contributed by atoms with Crippen LogP contribution in [0.4, 0.5) is 0 Å². The average molecular weight is 416 g/mol. The quantitative estimate of drug-likeness (QED) is 0.638. The summed E-state index contributed by atoms with van der Waals surface area (Å²) in [5, 5.41) is 0.198. The molecule has 0 aliphatic carbocycles. The molecule has 18 heavy (non-hydrogen) atoms. The van der Waals surface area contributed by atoms with Gasteiger partial charge in [0.1, 0.15) is 0 Å². The summed E-state index contributed by atoms with van der Waals surface area (Å²) in [6.07, 6.45) is 2.00. The number of thiophene rings is 1. The Balaban J connectivity index is 2.02. The largest absolute Gasteiger partial charge is 0.339 e. The summed E-state index contributed by atoms with van der Waals surface area (Å²) < 4.78 is 1.87. The summed E-state index contributed by atoms with van der Waals surface area (Å²) in [6.45, 7) is 3.65. The molecule has 2 nitrogen and oxygen atoms in total. The van der Waals surface area contributed by atoms with Crippen molar-refractivity contribution in [3.05, 3.63) is 19.2 Å². The molecular formula is C12H14Br2ClNOS. The monoisotopic (exact) mass is 413 g/mol. The molecule has 6 heteroatoms. The molecule has 0 bridgehead atoms. The van der Waals surface area contributed by atoms with Gasteiger partial charge in [0.05, 0.1) is 13.1 Å². The Hall–Kier alpha value is 0.420. The van der Waals surface area contributed by atoms with Crippen LogP contribution in [-0.2, 0) is 0 Å². The van der Waals surface area contributed by atoms with E-state index in [4.69, 9.17) is 11.6 Å². The predicted molar refractivity (Wildman–Crippen MR) is 83.7 cm³/mol. The molecule has 1 atom stereocenters. The Morgan fingerprint density at radius 3 is 2.56 bits per heavy atom. The number of alkyl halides is 1. The third-order valence-corrected chi connectivity index (χ3v) is 6.06. The molecule has 0 aromatic carbocycles. The summed E-state index contributed by atoms with van der Waals surface area (Å²) in [4.78, 5) is 14.3. The van der Waals surface area contributed by atoms with Gasteiger partial charge in [-0.2, -0.15) is 0 Å². The summed E-state index contributed by atoms with van der Waals surface area (Å²) in [6, 6.07) is 1.88. The SMILES string of the molecule is CC(Cl)C1CCN(C(=O)c2cc(Br)sc2Br)CC1. The van der Waals surface area contributed by atoms with Gasteiger partial charge in [0, 0.05) is 18.5 Å². The first-order valence-electron chi connectivity index (χ1n) is 5.87. The summed E-state index contributed by atoms with van der Waals surface area (Å²) in [5.41, 5.74) is 0.754. The van der Waals surface area contributed by atoms with Crippen LogP contribution in [0.15, 0.2) is 13.6 Å². The van der Waals surface area contributed by atoms with Gasteiger partial charge < -0.3 is 4.90 Å². The van der Waals surface area contributed by atoms with Crippen LogP contribution in [0.5, 0.6) is 0 Å². The minimum atomic E-state index is 0.115. The minimum Gasteiger partial charge on any atom is -0.339 e. The van der Waals surface area contributed by atoms with Crippen LogP contribution in [0, 0.1) is 5.92 Å². The number of hydrogen-bond acceptors (Lipinski definition) is 2. The first-order chi connectivity index (χ1) is 8.49. The van der Waals surface area contributed by atoms with Crippen LogP contribution in [0.3, 0.4) is 0 Å². The molecule has 1 amide bonds. The van der Waals surface area contributed by atoms with Gasteiger partial charge in [-0.05, 0) is 63.6 Å². The molecule has 1 unspecified atom stereocenters. The maximum atomic E-state index is 12.4. The predicted octanol–water partition coefficient (Wildman–Crippen LogP) is 4.75. The van der Waals surface area contributed by atoms with Crippen LogP contribution in [0.25, 0.3) is 0 Å². The van der Waals surface area contributed by atoms with Crippen molar-refractivity contribution in [1.29, 1.82) is 0 Å². The molecule has 1 saturated heterocycles. The number of carbonyl (C=O) groups is 1. The number of piperidine rings is 1. The number of rotatable bonds is 2. The van der Waals surface area contributed by atoms with E-state index in [0.717, 1.165) is 39.1 Å². The standard InChI is InChI=1S/C12H14Br2ClNOS/c1-7(15)8-2-4-16(5-3-8)12(17)9-6-10(13)18-11(9)14/h6-8H,2-5H2,1H3. The van der Waals surface area contributed by atoms with Gasteiger partial charge >= 0.3 is 0 Å². The van der Waals surface area contributed by atoms with Crippen LogP contribution < -0.4 is 0 Å². The molecule has 0 saturated carbocycles. The van der Waals surface area contributed by atoms with Crippen LogP contribution in [-0.4, -0.2) is 29.3 Å². The second-order valence-electron chi connectivity index (χ2n) is 4.55. The van der Waals surface area contributed by atoms with Crippen molar-refractivity contribution in [2.45, 2.75) is 25.1 Å². The lowest BCUT2D eigenvalue weighted by atomic mass is 9.94. The third kappa shape index (κ3) is 3.30. The number of likely N-dealkylation sites (tertiary alicyclic amines) is 1. The van der Waals surface area contributed by atoms with Crippen molar-refractivity contribution in [3.63, 3.8) is 0 Å². The van der Waals surface area contributed by atoms with Crippen molar-refractivity contribution in [2.75, 3.05) is 13.1 Å². The second kappa shape index (κ2) is 6.25. The zero-order valence-electron chi connectivity index (χ0n) is 9.96. The van der Waals surface area contributed by atoms with Crippen LogP contribution in [0.2, 0.25) is 0 Å². The molecular weight excluding hydrogens is 401 g/mol. The lowest BCUT2D eigenvalue weighted by Crippen LogP contribution is -2.40. The molecule has 0 N–H and O–H groups in total. The lowest BCUT2D eigenvalue weighted by molar-refractivity contribution is 0.0690. The van der Waals surface area contributed by atoms with Crippen molar-refractivity contribution < 1.29 is 4.79 Å². The zero-order valence-corrected chi connectivity index (χ0v) is 14.7. The highest BCUT2D eigenvalue weighted by Crippen LogP contribution is 2.33.